The molecular formula is C14H16O3. The van der Waals surface area contributed by atoms with E-state index >= 15 is 0 Å². The molecule has 2 rings (SSSR count). The van der Waals surface area contributed by atoms with E-state index < -0.39 is 5.60 Å². The summed E-state index contributed by atoms with van der Waals surface area (Å²) in [5.41, 5.74) is 0.745. The van der Waals surface area contributed by atoms with Crippen molar-refractivity contribution in [1.29, 1.82) is 0 Å². The zero-order valence-electron chi connectivity index (χ0n) is 10.2. The van der Waals surface area contributed by atoms with Gasteiger partial charge in [0.25, 0.3) is 0 Å². The van der Waals surface area contributed by atoms with Crippen LogP contribution in [0.25, 0.3) is 0 Å². The van der Waals surface area contributed by atoms with Crippen LogP contribution >= 0.6 is 0 Å². The quantitative estimate of drug-likeness (QED) is 0.736. The summed E-state index contributed by atoms with van der Waals surface area (Å²) in [5, 5.41) is 0. The number of aryl methyl sites for hydroxylation is 1. The number of Topliss-reactive ketones (excluding diaryl/α,β-unsaturated/α-hetero) is 1. The Morgan fingerprint density at radius 1 is 1.41 bits per heavy atom. The zero-order valence-corrected chi connectivity index (χ0v) is 10.2. The first-order valence-corrected chi connectivity index (χ1v) is 5.91. The van der Waals surface area contributed by atoms with Crippen LogP contribution in [0.4, 0.5) is 0 Å². The van der Waals surface area contributed by atoms with E-state index in [1.165, 1.54) is 0 Å². The molecule has 1 aliphatic rings. The Bertz CT molecular complexity index is 464. The molecule has 90 valence electrons. The van der Waals surface area contributed by atoms with E-state index in [4.69, 9.17) is 4.74 Å². The van der Waals surface area contributed by atoms with Crippen LogP contribution in [-0.2, 0) is 16.0 Å². The molecular weight excluding hydrogens is 216 g/mol. The molecule has 0 saturated carbocycles. The van der Waals surface area contributed by atoms with Crippen LogP contribution in [0.3, 0.4) is 0 Å². The summed E-state index contributed by atoms with van der Waals surface area (Å²) in [6, 6.07) is 7.51. The lowest BCUT2D eigenvalue weighted by atomic mass is 9.80. The summed E-state index contributed by atoms with van der Waals surface area (Å²) < 4.78 is 5.31. The van der Waals surface area contributed by atoms with Crippen LogP contribution in [0, 0.1) is 0 Å². The zero-order chi connectivity index (χ0) is 12.5. The third kappa shape index (κ3) is 2.09. The van der Waals surface area contributed by atoms with E-state index in [2.05, 4.69) is 0 Å². The molecule has 0 bridgehead atoms. The van der Waals surface area contributed by atoms with Crippen molar-refractivity contribution >= 4 is 11.8 Å². The summed E-state index contributed by atoms with van der Waals surface area (Å²) >= 11 is 0. The summed E-state index contributed by atoms with van der Waals surface area (Å²) in [6.07, 6.45) is 1.63. The number of esters is 1. The lowest BCUT2D eigenvalue weighted by Crippen LogP contribution is -2.43. The van der Waals surface area contributed by atoms with Crippen molar-refractivity contribution in [3.8, 4) is 0 Å². The van der Waals surface area contributed by atoms with Crippen LogP contribution in [-0.4, -0.2) is 17.4 Å². The van der Waals surface area contributed by atoms with Gasteiger partial charge in [-0.15, -0.1) is 0 Å². The van der Waals surface area contributed by atoms with Crippen LogP contribution in [0.1, 0.15) is 42.6 Å². The summed E-state index contributed by atoms with van der Waals surface area (Å²) in [5.74, 6) is -0.401. The van der Waals surface area contributed by atoms with E-state index in [1.54, 1.807) is 19.9 Å². The molecule has 0 spiro atoms. The van der Waals surface area contributed by atoms with E-state index in [0.717, 1.165) is 12.0 Å². The van der Waals surface area contributed by atoms with Gasteiger partial charge in [0.2, 0.25) is 5.78 Å². The number of ether oxygens (including phenoxy) is 1. The number of hydrogen-bond acceptors (Lipinski definition) is 3. The predicted molar refractivity (Wildman–Crippen MR) is 63.9 cm³/mol. The van der Waals surface area contributed by atoms with Gasteiger partial charge in [0, 0.05) is 12.0 Å². The third-order valence-corrected chi connectivity index (χ3v) is 3.24. The fraction of sp³-hybridized carbons (Fsp3) is 0.429. The molecule has 0 amide bonds. The van der Waals surface area contributed by atoms with Crippen molar-refractivity contribution < 1.29 is 14.3 Å². The molecule has 0 N–H and O–H groups in total. The Balaban J connectivity index is 2.30. The molecule has 17 heavy (non-hydrogen) atoms. The Hall–Kier alpha value is -1.64. The number of benzene rings is 1. The molecule has 0 radical (unpaired) electrons. The average Bonchev–Trinajstić information content (AvgIpc) is 2.34. The SMILES string of the molecule is CCC(=O)OC1(C)CCc2ccccc2C1=O. The second kappa shape index (κ2) is 4.32. The van der Waals surface area contributed by atoms with Gasteiger partial charge in [-0.1, -0.05) is 31.2 Å². The highest BCUT2D eigenvalue weighted by molar-refractivity contribution is 6.05. The molecule has 0 saturated heterocycles. The second-order valence-corrected chi connectivity index (χ2v) is 4.54. The fourth-order valence-corrected chi connectivity index (χ4v) is 2.15. The summed E-state index contributed by atoms with van der Waals surface area (Å²) in [7, 11) is 0. The van der Waals surface area contributed by atoms with Crippen LogP contribution in [0.15, 0.2) is 24.3 Å². The predicted octanol–water partition coefficient (Wildman–Crippen LogP) is 2.53. The molecule has 0 heterocycles. The van der Waals surface area contributed by atoms with Crippen LogP contribution in [0.5, 0.6) is 0 Å². The first-order chi connectivity index (χ1) is 8.07. The Kier molecular flexibility index (Phi) is 3.01. The van der Waals surface area contributed by atoms with Gasteiger partial charge in [-0.3, -0.25) is 9.59 Å². The first kappa shape index (κ1) is 11.8. The largest absolute Gasteiger partial charge is 0.451 e. The van der Waals surface area contributed by atoms with Crippen molar-refractivity contribution in [2.24, 2.45) is 0 Å². The topological polar surface area (TPSA) is 43.4 Å². The van der Waals surface area contributed by atoms with Crippen molar-refractivity contribution in [3.05, 3.63) is 35.4 Å². The molecule has 0 aliphatic heterocycles. The third-order valence-electron chi connectivity index (χ3n) is 3.24. The van der Waals surface area contributed by atoms with Crippen molar-refractivity contribution in [1.82, 2.24) is 0 Å². The molecule has 0 aromatic heterocycles. The maximum absolute atomic E-state index is 12.3. The Morgan fingerprint density at radius 2 is 2.12 bits per heavy atom. The van der Waals surface area contributed by atoms with E-state index in [-0.39, 0.29) is 11.8 Å². The molecule has 1 aromatic carbocycles. The average molecular weight is 232 g/mol. The molecule has 0 fully saturated rings. The second-order valence-electron chi connectivity index (χ2n) is 4.54. The maximum atomic E-state index is 12.3. The molecule has 1 aromatic rings. The van der Waals surface area contributed by atoms with E-state index in [1.807, 2.05) is 18.2 Å². The highest BCUT2D eigenvalue weighted by Crippen LogP contribution is 2.31. The Morgan fingerprint density at radius 3 is 2.82 bits per heavy atom. The smallest absolute Gasteiger partial charge is 0.306 e. The van der Waals surface area contributed by atoms with Gasteiger partial charge in [-0.2, -0.15) is 0 Å². The van der Waals surface area contributed by atoms with Crippen molar-refractivity contribution in [3.63, 3.8) is 0 Å². The molecule has 1 atom stereocenters. The van der Waals surface area contributed by atoms with Gasteiger partial charge in [0.05, 0.1) is 0 Å². The van der Waals surface area contributed by atoms with Gasteiger partial charge < -0.3 is 4.74 Å². The van der Waals surface area contributed by atoms with Crippen LogP contribution < -0.4 is 0 Å². The normalized spacial score (nSPS) is 23.1. The highest BCUT2D eigenvalue weighted by Gasteiger charge is 2.41. The lowest BCUT2D eigenvalue weighted by molar-refractivity contribution is -0.154. The van der Waals surface area contributed by atoms with Gasteiger partial charge in [-0.25, -0.2) is 0 Å². The number of carbonyl (C=O) groups excluding carboxylic acids is 2. The number of ketones is 1. The number of hydrogen-bond donors (Lipinski definition) is 0. The van der Waals surface area contributed by atoms with E-state index in [0.29, 0.717) is 18.4 Å². The monoisotopic (exact) mass is 232 g/mol. The van der Waals surface area contributed by atoms with Gasteiger partial charge in [0.15, 0.2) is 5.60 Å². The van der Waals surface area contributed by atoms with Gasteiger partial charge in [0.1, 0.15) is 0 Å². The lowest BCUT2D eigenvalue weighted by Gasteiger charge is -2.32. The van der Waals surface area contributed by atoms with Gasteiger partial charge >= 0.3 is 5.97 Å². The standard InChI is InChI=1S/C14H16O3/c1-3-12(15)17-14(2)9-8-10-6-4-5-7-11(10)13(14)16/h4-7H,3,8-9H2,1-2H3. The number of rotatable bonds is 2. The van der Waals surface area contributed by atoms with Crippen molar-refractivity contribution in [2.75, 3.05) is 0 Å². The fourth-order valence-electron chi connectivity index (χ4n) is 2.15. The first-order valence-electron chi connectivity index (χ1n) is 5.91. The number of fused-ring (bicyclic) bond motifs is 1. The van der Waals surface area contributed by atoms with E-state index in [9.17, 15) is 9.59 Å². The van der Waals surface area contributed by atoms with Gasteiger partial charge in [-0.05, 0) is 25.3 Å². The highest BCUT2D eigenvalue weighted by atomic mass is 16.6. The minimum Gasteiger partial charge on any atom is -0.451 e. The summed E-state index contributed by atoms with van der Waals surface area (Å²) in [6.45, 7) is 3.44. The maximum Gasteiger partial charge on any atom is 0.306 e. The van der Waals surface area contributed by atoms with Crippen LogP contribution in [0.2, 0.25) is 0 Å². The molecule has 1 aliphatic carbocycles. The molecule has 3 nitrogen and oxygen atoms in total. The van der Waals surface area contributed by atoms with Crippen molar-refractivity contribution in [2.45, 2.75) is 38.7 Å². The Labute approximate surface area is 101 Å². The molecule has 3 heteroatoms. The minimum atomic E-state index is -0.985. The minimum absolute atomic E-state index is 0.0823. The molecule has 1 unspecified atom stereocenters. The number of carbonyl (C=O) groups is 2. The summed E-state index contributed by atoms with van der Waals surface area (Å²) in [4.78, 5) is 23.7.